The molecule has 0 atom stereocenters. The average Bonchev–Trinajstić information content (AvgIpc) is 2.79. The molecule has 1 fully saturated rings. The largest absolute Gasteiger partial charge is 0.416 e. The average molecular weight is 523 g/mol. The summed E-state index contributed by atoms with van der Waals surface area (Å²) in [5.41, 5.74) is 0.718. The van der Waals surface area contributed by atoms with Crippen LogP contribution in [0.5, 0.6) is 0 Å². The molecule has 2 N–H and O–H groups in total. The number of amides is 2. The van der Waals surface area contributed by atoms with Gasteiger partial charge >= 0.3 is 12.2 Å². The van der Waals surface area contributed by atoms with Gasteiger partial charge in [0, 0.05) is 42.4 Å². The van der Waals surface area contributed by atoms with Crippen molar-refractivity contribution in [3.63, 3.8) is 0 Å². The van der Waals surface area contributed by atoms with Gasteiger partial charge in [-0.1, -0.05) is 0 Å². The quantitative estimate of drug-likeness (QED) is 0.478. The maximum absolute atomic E-state index is 13.4. The molecule has 0 spiro atoms. The van der Waals surface area contributed by atoms with Gasteiger partial charge in [0.25, 0.3) is 0 Å². The predicted octanol–water partition coefficient (Wildman–Crippen LogP) is 4.80. The van der Waals surface area contributed by atoms with Gasteiger partial charge < -0.3 is 15.0 Å². The number of rotatable bonds is 4. The number of anilines is 3. The number of ether oxygens (including phenoxy) is 1. The highest BCUT2D eigenvalue weighted by atomic mass is 79.9. The molecule has 33 heavy (non-hydrogen) atoms. The van der Waals surface area contributed by atoms with E-state index in [0.717, 1.165) is 12.1 Å². The topological polar surface area (TPSA) is 92.3 Å². The van der Waals surface area contributed by atoms with Gasteiger partial charge in [-0.05, 0) is 52.3 Å². The lowest BCUT2D eigenvalue weighted by atomic mass is 10.1. The van der Waals surface area contributed by atoms with E-state index in [4.69, 9.17) is 4.74 Å². The Morgan fingerprint density at radius 1 is 1.06 bits per heavy atom. The van der Waals surface area contributed by atoms with Crippen LogP contribution in [0.2, 0.25) is 0 Å². The second-order valence-corrected chi connectivity index (χ2v) is 7.89. The summed E-state index contributed by atoms with van der Waals surface area (Å²) in [6.45, 7) is 1.75. The molecule has 8 nitrogen and oxygen atoms in total. The number of nitrogens with zero attached hydrogens (tertiary/aromatic N) is 4. The lowest BCUT2D eigenvalue weighted by molar-refractivity contribution is -0.137. The number of hydrogen-bond acceptors (Lipinski definition) is 6. The zero-order valence-corrected chi connectivity index (χ0v) is 18.7. The Labute approximate surface area is 195 Å². The first-order valence-electron chi connectivity index (χ1n) is 9.86. The molecule has 0 radical (unpaired) electrons. The molecule has 0 saturated carbocycles. The van der Waals surface area contributed by atoms with E-state index in [-0.39, 0.29) is 11.6 Å². The number of nitrogens with one attached hydrogen (secondary N) is 2. The van der Waals surface area contributed by atoms with Crippen molar-refractivity contribution in [1.29, 1.82) is 0 Å². The summed E-state index contributed by atoms with van der Waals surface area (Å²) in [5, 5.41) is 4.89. The van der Waals surface area contributed by atoms with E-state index in [2.05, 4.69) is 41.5 Å². The fraction of sp³-hybridized carbons (Fsp3) is 0.238. The van der Waals surface area contributed by atoms with E-state index in [1.54, 1.807) is 29.3 Å². The Balaban J connectivity index is 1.52. The molecule has 1 aliphatic heterocycles. The minimum Gasteiger partial charge on any atom is -0.378 e. The smallest absolute Gasteiger partial charge is 0.378 e. The van der Waals surface area contributed by atoms with E-state index < -0.39 is 17.8 Å². The lowest BCUT2D eigenvalue weighted by Gasteiger charge is -2.29. The number of morpholine rings is 1. The van der Waals surface area contributed by atoms with Crippen molar-refractivity contribution < 1.29 is 22.7 Å². The normalized spacial score (nSPS) is 14.1. The zero-order valence-electron chi connectivity index (χ0n) is 17.1. The molecule has 2 amide bonds. The van der Waals surface area contributed by atoms with Crippen molar-refractivity contribution in [2.45, 2.75) is 6.18 Å². The van der Waals surface area contributed by atoms with Crippen LogP contribution in [0.4, 0.5) is 35.3 Å². The number of carbonyl (C=O) groups is 1. The van der Waals surface area contributed by atoms with E-state index in [9.17, 15) is 18.0 Å². The molecule has 0 bridgehead atoms. The van der Waals surface area contributed by atoms with Gasteiger partial charge in [0.15, 0.2) is 0 Å². The summed E-state index contributed by atoms with van der Waals surface area (Å²) in [4.78, 5) is 26.7. The van der Waals surface area contributed by atoms with Crippen LogP contribution in [-0.2, 0) is 10.9 Å². The third-order valence-corrected chi connectivity index (χ3v) is 5.25. The van der Waals surface area contributed by atoms with Crippen molar-refractivity contribution in [2.24, 2.45) is 0 Å². The van der Waals surface area contributed by atoms with Gasteiger partial charge in [-0.15, -0.1) is 0 Å². The first kappa shape index (κ1) is 22.9. The Morgan fingerprint density at radius 2 is 1.85 bits per heavy atom. The summed E-state index contributed by atoms with van der Waals surface area (Å²) < 4.78 is 46.2. The number of carbonyl (C=O) groups excluding carboxylic acids is 1. The van der Waals surface area contributed by atoms with Gasteiger partial charge in [-0.2, -0.15) is 13.2 Å². The summed E-state index contributed by atoms with van der Waals surface area (Å²) >= 11 is 3.26. The number of urea groups is 1. The fourth-order valence-corrected chi connectivity index (χ4v) is 3.46. The highest BCUT2D eigenvalue weighted by Gasteiger charge is 2.32. The van der Waals surface area contributed by atoms with Crippen molar-refractivity contribution in [2.75, 3.05) is 41.8 Å². The highest BCUT2D eigenvalue weighted by molar-refractivity contribution is 9.10. The monoisotopic (exact) mass is 522 g/mol. The molecule has 1 saturated heterocycles. The Morgan fingerprint density at radius 3 is 2.55 bits per heavy atom. The van der Waals surface area contributed by atoms with Crippen molar-refractivity contribution in [3.05, 3.63) is 59.0 Å². The number of pyridine rings is 1. The molecule has 1 aromatic carbocycles. The summed E-state index contributed by atoms with van der Waals surface area (Å²) in [5.74, 6) is -0.00621. The van der Waals surface area contributed by atoms with Gasteiger partial charge in [0.1, 0.15) is 4.60 Å². The first-order chi connectivity index (χ1) is 15.8. The van der Waals surface area contributed by atoms with Crippen LogP contribution in [0.3, 0.4) is 0 Å². The number of aromatic nitrogens is 3. The zero-order chi connectivity index (χ0) is 23.4. The number of alkyl halides is 3. The Bertz CT molecular complexity index is 1140. The summed E-state index contributed by atoms with van der Waals surface area (Å²) in [7, 11) is 0. The molecular weight excluding hydrogens is 505 g/mol. The van der Waals surface area contributed by atoms with E-state index >= 15 is 0 Å². The van der Waals surface area contributed by atoms with E-state index in [1.165, 1.54) is 12.3 Å². The molecule has 1 aliphatic rings. The standard InChI is InChI=1S/C21H18BrF3N6O2/c22-18-2-1-13(12-27-18)17-3-4-26-19(29-17)30-20(32)28-15-9-14(21(23,24)25)10-16(11-15)31-5-7-33-8-6-31/h1-4,9-12H,5-8H2,(H2,26,28,29,30,32). The molecule has 3 aromatic rings. The minimum absolute atomic E-state index is 0.00270. The SMILES string of the molecule is O=C(Nc1cc(N2CCOCC2)cc(C(F)(F)F)c1)Nc1nccc(-c2ccc(Br)nc2)n1. The van der Waals surface area contributed by atoms with Crippen LogP contribution in [-0.4, -0.2) is 47.3 Å². The van der Waals surface area contributed by atoms with Gasteiger partial charge in [-0.25, -0.2) is 19.7 Å². The summed E-state index contributed by atoms with van der Waals surface area (Å²) in [6.07, 6.45) is -1.50. The molecule has 4 rings (SSSR count). The maximum Gasteiger partial charge on any atom is 0.416 e. The fourth-order valence-electron chi connectivity index (χ4n) is 3.22. The van der Waals surface area contributed by atoms with Crippen LogP contribution in [0.1, 0.15) is 5.56 Å². The predicted molar refractivity (Wildman–Crippen MR) is 120 cm³/mol. The number of benzene rings is 1. The van der Waals surface area contributed by atoms with Crippen molar-refractivity contribution in [1.82, 2.24) is 15.0 Å². The second kappa shape index (κ2) is 9.71. The van der Waals surface area contributed by atoms with Crippen LogP contribution >= 0.6 is 15.9 Å². The maximum atomic E-state index is 13.4. The highest BCUT2D eigenvalue weighted by Crippen LogP contribution is 2.34. The third-order valence-electron chi connectivity index (χ3n) is 4.78. The van der Waals surface area contributed by atoms with Gasteiger partial charge in [0.05, 0.1) is 24.5 Å². The van der Waals surface area contributed by atoms with E-state index in [0.29, 0.717) is 47.9 Å². The van der Waals surface area contributed by atoms with Crippen LogP contribution < -0.4 is 15.5 Å². The molecule has 12 heteroatoms. The van der Waals surface area contributed by atoms with E-state index in [1.807, 2.05) is 0 Å². The third kappa shape index (κ3) is 5.96. The Kier molecular flexibility index (Phi) is 6.75. The molecular formula is C21H18BrF3N6O2. The molecule has 172 valence electrons. The lowest BCUT2D eigenvalue weighted by Crippen LogP contribution is -2.36. The molecule has 3 heterocycles. The molecule has 2 aromatic heterocycles. The van der Waals surface area contributed by atoms with Gasteiger partial charge in [0.2, 0.25) is 5.95 Å². The molecule has 0 aliphatic carbocycles. The number of halogens is 4. The second-order valence-electron chi connectivity index (χ2n) is 7.08. The summed E-state index contributed by atoms with van der Waals surface area (Å²) in [6, 6.07) is 7.85. The minimum atomic E-state index is -4.56. The van der Waals surface area contributed by atoms with Crippen molar-refractivity contribution in [3.8, 4) is 11.3 Å². The Hall–Kier alpha value is -3.25. The first-order valence-corrected chi connectivity index (χ1v) is 10.7. The van der Waals surface area contributed by atoms with Gasteiger partial charge in [-0.3, -0.25) is 5.32 Å². The van der Waals surface area contributed by atoms with Crippen LogP contribution in [0.15, 0.2) is 53.4 Å². The van der Waals surface area contributed by atoms with Crippen LogP contribution in [0.25, 0.3) is 11.3 Å². The molecule has 0 unspecified atom stereocenters. The van der Waals surface area contributed by atoms with Crippen LogP contribution in [0, 0.1) is 0 Å². The number of hydrogen-bond donors (Lipinski definition) is 2. The van der Waals surface area contributed by atoms with Crippen molar-refractivity contribution >= 4 is 39.3 Å².